The minimum atomic E-state index is -0.190. The Balaban J connectivity index is 4.16. The van der Waals surface area contributed by atoms with E-state index in [1.807, 2.05) is 6.92 Å². The van der Waals surface area contributed by atoms with Gasteiger partial charge >= 0.3 is 0 Å². The molecule has 0 aliphatic carbocycles. The van der Waals surface area contributed by atoms with Crippen molar-refractivity contribution in [1.82, 2.24) is 9.80 Å². The highest BCUT2D eigenvalue weighted by atomic mass is 16.5. The standard InChI is InChI=1S/C15H24N2O3/c1-5-9-16(8-4)14(18)12-20-13-15(19)17(10-6-2)11-7-3/h5-7H,1-3,8-13H2,4H3. The molecule has 112 valence electrons. The molecular formula is C15H24N2O3. The number of amides is 2. The highest BCUT2D eigenvalue weighted by molar-refractivity contribution is 5.80. The maximum atomic E-state index is 11.8. The van der Waals surface area contributed by atoms with E-state index in [0.717, 1.165) is 0 Å². The average Bonchev–Trinajstić information content (AvgIpc) is 2.44. The highest BCUT2D eigenvalue weighted by Gasteiger charge is 2.14. The minimum Gasteiger partial charge on any atom is -0.362 e. The van der Waals surface area contributed by atoms with Crippen molar-refractivity contribution in [3.05, 3.63) is 38.0 Å². The molecule has 0 N–H and O–H groups in total. The van der Waals surface area contributed by atoms with E-state index in [-0.39, 0.29) is 25.0 Å². The van der Waals surface area contributed by atoms with Gasteiger partial charge in [-0.25, -0.2) is 0 Å². The quantitative estimate of drug-likeness (QED) is 0.535. The van der Waals surface area contributed by atoms with Crippen LogP contribution in [0.2, 0.25) is 0 Å². The summed E-state index contributed by atoms with van der Waals surface area (Å²) in [4.78, 5) is 26.7. The molecule has 0 heterocycles. The summed E-state index contributed by atoms with van der Waals surface area (Å²) in [5.74, 6) is -0.344. The average molecular weight is 280 g/mol. The van der Waals surface area contributed by atoms with Gasteiger partial charge in [-0.15, -0.1) is 19.7 Å². The fourth-order valence-corrected chi connectivity index (χ4v) is 1.56. The number of likely N-dealkylation sites (N-methyl/N-ethyl adjacent to an activating group) is 1. The van der Waals surface area contributed by atoms with Gasteiger partial charge in [-0.3, -0.25) is 9.59 Å². The van der Waals surface area contributed by atoms with Crippen molar-refractivity contribution in [2.45, 2.75) is 6.92 Å². The van der Waals surface area contributed by atoms with Crippen LogP contribution < -0.4 is 0 Å². The van der Waals surface area contributed by atoms with Crippen molar-refractivity contribution >= 4 is 11.8 Å². The van der Waals surface area contributed by atoms with Crippen LogP contribution in [0.15, 0.2) is 38.0 Å². The minimum absolute atomic E-state index is 0.108. The lowest BCUT2D eigenvalue weighted by atomic mass is 10.4. The normalized spacial score (nSPS) is 9.65. The van der Waals surface area contributed by atoms with Gasteiger partial charge < -0.3 is 14.5 Å². The van der Waals surface area contributed by atoms with Crippen LogP contribution >= 0.6 is 0 Å². The van der Waals surface area contributed by atoms with Gasteiger partial charge in [-0.2, -0.15) is 0 Å². The maximum Gasteiger partial charge on any atom is 0.249 e. The summed E-state index contributed by atoms with van der Waals surface area (Å²) in [6.07, 6.45) is 4.92. The largest absolute Gasteiger partial charge is 0.362 e. The third kappa shape index (κ3) is 6.89. The number of ether oxygens (including phenoxy) is 1. The van der Waals surface area contributed by atoms with Gasteiger partial charge in [0.1, 0.15) is 13.2 Å². The molecule has 5 nitrogen and oxygen atoms in total. The van der Waals surface area contributed by atoms with Crippen molar-refractivity contribution in [3.63, 3.8) is 0 Å². The summed E-state index contributed by atoms with van der Waals surface area (Å²) in [6, 6.07) is 0. The molecule has 0 spiro atoms. The van der Waals surface area contributed by atoms with E-state index in [1.54, 1.807) is 28.0 Å². The molecule has 5 heteroatoms. The third-order valence-corrected chi connectivity index (χ3v) is 2.59. The Labute approximate surface area is 121 Å². The Morgan fingerprint density at radius 1 is 0.900 bits per heavy atom. The van der Waals surface area contributed by atoms with Crippen LogP contribution in [0.5, 0.6) is 0 Å². The lowest BCUT2D eigenvalue weighted by molar-refractivity contribution is -0.141. The van der Waals surface area contributed by atoms with Crippen LogP contribution in [0.3, 0.4) is 0 Å². The van der Waals surface area contributed by atoms with Crippen LogP contribution in [0.4, 0.5) is 0 Å². The smallest absolute Gasteiger partial charge is 0.249 e. The number of carbonyl (C=O) groups excluding carboxylic acids is 2. The first-order valence-electron chi connectivity index (χ1n) is 6.56. The first-order chi connectivity index (χ1) is 9.60. The Kier molecular flexibility index (Phi) is 9.96. The van der Waals surface area contributed by atoms with Crippen molar-refractivity contribution in [3.8, 4) is 0 Å². The molecule has 0 unspecified atom stereocenters. The van der Waals surface area contributed by atoms with Crippen molar-refractivity contribution < 1.29 is 14.3 Å². The molecule has 0 radical (unpaired) electrons. The Morgan fingerprint density at radius 2 is 1.30 bits per heavy atom. The molecule has 0 aliphatic rings. The summed E-state index contributed by atoms with van der Waals surface area (Å²) in [6.45, 7) is 14.3. The number of hydrogen-bond acceptors (Lipinski definition) is 3. The van der Waals surface area contributed by atoms with Crippen LogP contribution in [0, 0.1) is 0 Å². The first-order valence-corrected chi connectivity index (χ1v) is 6.56. The summed E-state index contributed by atoms with van der Waals surface area (Å²) in [5, 5.41) is 0. The molecular weight excluding hydrogens is 256 g/mol. The van der Waals surface area contributed by atoms with E-state index >= 15 is 0 Å². The van der Waals surface area contributed by atoms with Gasteiger partial charge in [0.2, 0.25) is 11.8 Å². The molecule has 0 atom stereocenters. The van der Waals surface area contributed by atoms with Crippen LogP contribution in [-0.2, 0) is 14.3 Å². The van der Waals surface area contributed by atoms with Crippen LogP contribution in [-0.4, -0.2) is 61.0 Å². The molecule has 0 aromatic heterocycles. The Morgan fingerprint density at radius 3 is 1.70 bits per heavy atom. The van der Waals surface area contributed by atoms with E-state index in [0.29, 0.717) is 26.2 Å². The summed E-state index contributed by atoms with van der Waals surface area (Å²) >= 11 is 0. The van der Waals surface area contributed by atoms with Gasteiger partial charge in [0.25, 0.3) is 0 Å². The summed E-state index contributed by atoms with van der Waals surface area (Å²) in [5.41, 5.74) is 0. The van der Waals surface area contributed by atoms with Gasteiger partial charge in [-0.1, -0.05) is 18.2 Å². The molecule has 0 saturated carbocycles. The number of hydrogen-bond donors (Lipinski definition) is 0. The predicted octanol–water partition coefficient (Wildman–Crippen LogP) is 1.24. The molecule has 0 aromatic rings. The van der Waals surface area contributed by atoms with Crippen molar-refractivity contribution in [2.75, 3.05) is 39.4 Å². The molecule has 0 fully saturated rings. The summed E-state index contributed by atoms with van der Waals surface area (Å²) in [7, 11) is 0. The van der Waals surface area contributed by atoms with Gasteiger partial charge in [0, 0.05) is 26.2 Å². The van der Waals surface area contributed by atoms with E-state index in [2.05, 4.69) is 19.7 Å². The maximum absolute atomic E-state index is 11.8. The van der Waals surface area contributed by atoms with E-state index in [4.69, 9.17) is 4.74 Å². The predicted molar refractivity (Wildman–Crippen MR) is 80.2 cm³/mol. The van der Waals surface area contributed by atoms with E-state index < -0.39 is 0 Å². The second-order valence-electron chi connectivity index (χ2n) is 4.09. The van der Waals surface area contributed by atoms with Crippen LogP contribution in [0.1, 0.15) is 6.92 Å². The Hall–Kier alpha value is -1.88. The lowest BCUT2D eigenvalue weighted by Crippen LogP contribution is -2.37. The van der Waals surface area contributed by atoms with Crippen molar-refractivity contribution in [2.24, 2.45) is 0 Å². The zero-order chi connectivity index (χ0) is 15.4. The molecule has 0 aromatic carbocycles. The highest BCUT2D eigenvalue weighted by Crippen LogP contribution is 1.95. The molecule has 2 amide bonds. The number of nitrogens with zero attached hydrogens (tertiary/aromatic N) is 2. The van der Waals surface area contributed by atoms with Crippen molar-refractivity contribution in [1.29, 1.82) is 0 Å². The molecule has 0 bridgehead atoms. The van der Waals surface area contributed by atoms with Gasteiger partial charge in [0.05, 0.1) is 0 Å². The SMILES string of the molecule is C=CCN(CC)C(=O)COCC(=O)N(CC=C)CC=C. The number of rotatable bonds is 11. The fraction of sp³-hybridized carbons (Fsp3) is 0.467. The molecule has 0 rings (SSSR count). The first kappa shape index (κ1) is 18.1. The molecule has 20 heavy (non-hydrogen) atoms. The van der Waals surface area contributed by atoms with E-state index in [1.165, 1.54) is 0 Å². The third-order valence-electron chi connectivity index (χ3n) is 2.59. The fourth-order valence-electron chi connectivity index (χ4n) is 1.56. The summed E-state index contributed by atoms with van der Waals surface area (Å²) < 4.78 is 5.17. The van der Waals surface area contributed by atoms with Crippen LogP contribution in [0.25, 0.3) is 0 Å². The zero-order valence-electron chi connectivity index (χ0n) is 12.2. The second kappa shape index (κ2) is 11.0. The van der Waals surface area contributed by atoms with Gasteiger partial charge in [-0.05, 0) is 6.92 Å². The molecule has 0 saturated heterocycles. The Bertz CT molecular complexity index is 343. The zero-order valence-corrected chi connectivity index (χ0v) is 12.2. The topological polar surface area (TPSA) is 49.9 Å². The molecule has 0 aliphatic heterocycles. The number of carbonyl (C=O) groups is 2. The lowest BCUT2D eigenvalue weighted by Gasteiger charge is -2.21. The van der Waals surface area contributed by atoms with Gasteiger partial charge in [0.15, 0.2) is 0 Å². The monoisotopic (exact) mass is 280 g/mol. The van der Waals surface area contributed by atoms with E-state index in [9.17, 15) is 9.59 Å². The second-order valence-corrected chi connectivity index (χ2v) is 4.09.